The molecule has 0 radical (unpaired) electrons. The third kappa shape index (κ3) is 12.2. The highest BCUT2D eigenvalue weighted by Crippen LogP contribution is 1.91. The minimum atomic E-state index is -0.216. The van der Waals surface area contributed by atoms with E-state index in [9.17, 15) is 4.79 Å². The van der Waals surface area contributed by atoms with Crippen molar-refractivity contribution in [2.45, 2.75) is 51.3 Å². The maximum Gasteiger partial charge on any atom is 0.232 e. The largest absolute Gasteiger partial charge is 0.355 e. The van der Waals surface area contributed by atoms with Crippen LogP contribution in [0.2, 0.25) is 0 Å². The van der Waals surface area contributed by atoms with Gasteiger partial charge >= 0.3 is 0 Å². The van der Waals surface area contributed by atoms with Crippen molar-refractivity contribution in [2.24, 2.45) is 0 Å². The molecule has 0 aliphatic carbocycles. The lowest BCUT2D eigenvalue weighted by molar-refractivity contribution is -0.120. The molecule has 0 rings (SSSR count). The Bertz CT molecular complexity index is 210. The minimum absolute atomic E-state index is 0.0121. The molecule has 1 amide bonds. The second-order valence-electron chi connectivity index (χ2n) is 4.89. The fourth-order valence-corrected chi connectivity index (χ4v) is 1.55. The Morgan fingerprint density at radius 3 is 2.22 bits per heavy atom. The summed E-state index contributed by atoms with van der Waals surface area (Å²) in [5.41, 5.74) is 0. The van der Waals surface area contributed by atoms with E-state index in [1.165, 1.54) is 12.8 Å². The van der Waals surface area contributed by atoms with E-state index in [0.717, 1.165) is 32.6 Å². The van der Waals surface area contributed by atoms with Crippen LogP contribution in [0.4, 0.5) is 0 Å². The van der Waals surface area contributed by atoms with Gasteiger partial charge in [0.05, 0.1) is 5.25 Å². The van der Waals surface area contributed by atoms with E-state index in [1.54, 1.807) is 6.92 Å². The summed E-state index contributed by atoms with van der Waals surface area (Å²) >= 11 is 4.06. The summed E-state index contributed by atoms with van der Waals surface area (Å²) < 4.78 is 0. The first-order valence-corrected chi connectivity index (χ1v) is 7.45. The normalized spacial score (nSPS) is 12.7. The molecule has 0 saturated heterocycles. The van der Waals surface area contributed by atoms with Crippen LogP contribution in [0.1, 0.15) is 40.0 Å². The fraction of sp³-hybridized carbons (Fsp3) is 0.923. The number of thiol groups is 1. The van der Waals surface area contributed by atoms with Crippen LogP contribution in [0.3, 0.4) is 0 Å². The van der Waals surface area contributed by atoms with E-state index in [-0.39, 0.29) is 11.2 Å². The molecule has 1 atom stereocenters. The van der Waals surface area contributed by atoms with Crippen LogP contribution in [-0.4, -0.2) is 43.4 Å². The van der Waals surface area contributed by atoms with E-state index < -0.39 is 0 Å². The Labute approximate surface area is 117 Å². The number of rotatable bonds is 11. The van der Waals surface area contributed by atoms with Gasteiger partial charge in [0, 0.05) is 12.6 Å². The van der Waals surface area contributed by atoms with E-state index in [2.05, 4.69) is 42.4 Å². The van der Waals surface area contributed by atoms with Gasteiger partial charge in [0.25, 0.3) is 0 Å². The number of unbranched alkanes of at least 4 members (excludes halogenated alkanes) is 1. The highest BCUT2D eigenvalue weighted by Gasteiger charge is 2.05. The molecular formula is C13H29N3OS. The summed E-state index contributed by atoms with van der Waals surface area (Å²) in [6.45, 7) is 9.94. The minimum Gasteiger partial charge on any atom is -0.355 e. The molecule has 1 unspecified atom stereocenters. The van der Waals surface area contributed by atoms with Crippen LogP contribution in [0.15, 0.2) is 0 Å². The maximum atomic E-state index is 11.2. The van der Waals surface area contributed by atoms with E-state index in [1.807, 2.05) is 0 Å². The Kier molecular flexibility index (Phi) is 11.6. The van der Waals surface area contributed by atoms with Crippen molar-refractivity contribution in [2.75, 3.05) is 26.2 Å². The number of amides is 1. The SMILES string of the molecule is CC(C)NCCCCNCCCNC(=O)C(C)S. The van der Waals surface area contributed by atoms with Crippen molar-refractivity contribution in [3.8, 4) is 0 Å². The van der Waals surface area contributed by atoms with E-state index >= 15 is 0 Å². The molecule has 5 heteroatoms. The molecule has 0 aliphatic rings. The molecule has 0 fully saturated rings. The van der Waals surface area contributed by atoms with Gasteiger partial charge in [0.15, 0.2) is 0 Å². The lowest BCUT2D eigenvalue weighted by Crippen LogP contribution is -2.32. The molecule has 0 heterocycles. The topological polar surface area (TPSA) is 53.2 Å². The third-order valence-corrected chi connectivity index (χ3v) is 2.78. The van der Waals surface area contributed by atoms with Crippen LogP contribution in [-0.2, 0) is 4.79 Å². The quantitative estimate of drug-likeness (QED) is 0.338. The summed E-state index contributed by atoms with van der Waals surface area (Å²) in [5.74, 6) is 0.0121. The molecule has 0 saturated carbocycles. The first-order chi connectivity index (χ1) is 8.54. The highest BCUT2D eigenvalue weighted by molar-refractivity contribution is 7.81. The van der Waals surface area contributed by atoms with Crippen molar-refractivity contribution in [3.63, 3.8) is 0 Å². The fourth-order valence-electron chi connectivity index (χ4n) is 1.46. The monoisotopic (exact) mass is 275 g/mol. The number of carbonyl (C=O) groups is 1. The Morgan fingerprint density at radius 2 is 1.61 bits per heavy atom. The van der Waals surface area contributed by atoms with Gasteiger partial charge in [-0.2, -0.15) is 12.6 Å². The summed E-state index contributed by atoms with van der Waals surface area (Å²) in [6, 6.07) is 0.579. The van der Waals surface area contributed by atoms with Crippen LogP contribution >= 0.6 is 12.6 Å². The van der Waals surface area contributed by atoms with Gasteiger partial charge in [-0.15, -0.1) is 0 Å². The predicted octanol–water partition coefficient (Wildman–Crippen LogP) is 1.18. The highest BCUT2D eigenvalue weighted by atomic mass is 32.1. The Morgan fingerprint density at radius 1 is 1.00 bits per heavy atom. The average molecular weight is 275 g/mol. The zero-order valence-corrected chi connectivity index (χ0v) is 12.9. The van der Waals surface area contributed by atoms with Gasteiger partial charge in [0.2, 0.25) is 5.91 Å². The first kappa shape index (κ1) is 17.7. The first-order valence-electron chi connectivity index (χ1n) is 6.94. The summed E-state index contributed by atoms with van der Waals surface area (Å²) in [5, 5.41) is 9.40. The Balaban J connectivity index is 3.10. The van der Waals surface area contributed by atoms with Gasteiger partial charge in [-0.05, 0) is 45.8 Å². The van der Waals surface area contributed by atoms with Crippen molar-refractivity contribution >= 4 is 18.5 Å². The third-order valence-electron chi connectivity index (χ3n) is 2.54. The molecule has 4 nitrogen and oxygen atoms in total. The molecule has 0 aromatic carbocycles. The lowest BCUT2D eigenvalue weighted by atomic mass is 10.3. The van der Waals surface area contributed by atoms with Crippen molar-refractivity contribution in [1.82, 2.24) is 16.0 Å². The number of hydrogen-bond donors (Lipinski definition) is 4. The summed E-state index contributed by atoms with van der Waals surface area (Å²) in [6.07, 6.45) is 3.37. The molecule has 0 aromatic heterocycles. The number of hydrogen-bond acceptors (Lipinski definition) is 4. The number of nitrogens with one attached hydrogen (secondary N) is 3. The standard InChI is InChI=1S/C13H29N3OS/c1-11(2)15-9-5-4-7-14-8-6-10-16-13(17)12(3)18/h11-12,14-15,18H,4-10H2,1-3H3,(H,16,17). The van der Waals surface area contributed by atoms with Gasteiger partial charge in [-0.1, -0.05) is 13.8 Å². The number of carbonyl (C=O) groups excluding carboxylic acids is 1. The van der Waals surface area contributed by atoms with Crippen molar-refractivity contribution in [3.05, 3.63) is 0 Å². The average Bonchev–Trinajstić information content (AvgIpc) is 2.30. The van der Waals surface area contributed by atoms with Crippen molar-refractivity contribution < 1.29 is 4.79 Å². The molecule has 108 valence electrons. The molecule has 0 spiro atoms. The van der Waals surface area contributed by atoms with Crippen LogP contribution in [0.25, 0.3) is 0 Å². The molecule has 0 aromatic rings. The van der Waals surface area contributed by atoms with Crippen LogP contribution in [0.5, 0.6) is 0 Å². The van der Waals surface area contributed by atoms with Crippen LogP contribution in [0, 0.1) is 0 Å². The lowest BCUT2D eigenvalue weighted by Gasteiger charge is -2.09. The molecule has 0 bridgehead atoms. The van der Waals surface area contributed by atoms with Gasteiger partial charge < -0.3 is 16.0 Å². The van der Waals surface area contributed by atoms with E-state index in [0.29, 0.717) is 6.04 Å². The van der Waals surface area contributed by atoms with Gasteiger partial charge in [-0.3, -0.25) is 4.79 Å². The second kappa shape index (κ2) is 11.8. The molecular weight excluding hydrogens is 246 g/mol. The molecule has 18 heavy (non-hydrogen) atoms. The van der Waals surface area contributed by atoms with E-state index in [4.69, 9.17) is 0 Å². The predicted molar refractivity (Wildman–Crippen MR) is 81.3 cm³/mol. The van der Waals surface area contributed by atoms with Gasteiger partial charge in [0.1, 0.15) is 0 Å². The summed E-state index contributed by atoms with van der Waals surface area (Å²) in [4.78, 5) is 11.2. The Hall–Kier alpha value is -0.260. The maximum absolute atomic E-state index is 11.2. The van der Waals surface area contributed by atoms with Crippen LogP contribution < -0.4 is 16.0 Å². The zero-order valence-electron chi connectivity index (χ0n) is 12.0. The van der Waals surface area contributed by atoms with Crippen molar-refractivity contribution in [1.29, 1.82) is 0 Å². The molecule has 0 aliphatic heterocycles. The van der Waals surface area contributed by atoms with Gasteiger partial charge in [-0.25, -0.2) is 0 Å². The zero-order chi connectivity index (χ0) is 13.8. The summed E-state index contributed by atoms with van der Waals surface area (Å²) in [7, 11) is 0. The second-order valence-corrected chi connectivity index (χ2v) is 5.66. The molecule has 3 N–H and O–H groups in total. The smallest absolute Gasteiger partial charge is 0.232 e.